The van der Waals surface area contributed by atoms with Crippen molar-refractivity contribution in [2.75, 3.05) is 13.1 Å². The van der Waals surface area contributed by atoms with Gasteiger partial charge >= 0.3 is 0 Å². The third kappa shape index (κ3) is 2.15. The SMILES string of the molecule is C=C1CN(S(=O)(=O)c2ccc3ccccc3c2)CC1C. The molecule has 1 heterocycles. The van der Waals surface area contributed by atoms with E-state index in [4.69, 9.17) is 0 Å². The van der Waals surface area contributed by atoms with Crippen LogP contribution in [0.5, 0.6) is 0 Å². The number of hydrogen-bond donors (Lipinski definition) is 0. The molecule has 2 aromatic carbocycles. The number of nitrogens with zero attached hydrogens (tertiary/aromatic N) is 1. The summed E-state index contributed by atoms with van der Waals surface area (Å²) in [6, 6.07) is 13.1. The van der Waals surface area contributed by atoms with Crippen molar-refractivity contribution in [2.24, 2.45) is 5.92 Å². The van der Waals surface area contributed by atoms with E-state index in [1.54, 1.807) is 12.1 Å². The first-order valence-electron chi connectivity index (χ1n) is 6.65. The summed E-state index contributed by atoms with van der Waals surface area (Å²) in [5.74, 6) is 0.227. The molecule has 0 aliphatic carbocycles. The summed E-state index contributed by atoms with van der Waals surface area (Å²) in [5.41, 5.74) is 0.981. The fourth-order valence-electron chi connectivity index (χ4n) is 2.54. The number of hydrogen-bond acceptors (Lipinski definition) is 2. The van der Waals surface area contributed by atoms with Crippen LogP contribution in [-0.4, -0.2) is 25.8 Å². The Hall–Kier alpha value is -1.65. The second-order valence-electron chi connectivity index (χ2n) is 5.37. The largest absolute Gasteiger partial charge is 0.243 e. The van der Waals surface area contributed by atoms with Crippen LogP contribution in [0, 0.1) is 5.92 Å². The van der Waals surface area contributed by atoms with Crippen LogP contribution in [-0.2, 0) is 10.0 Å². The summed E-state index contributed by atoms with van der Waals surface area (Å²) in [6.07, 6.45) is 0. The van der Waals surface area contributed by atoms with Crippen molar-refractivity contribution in [3.05, 3.63) is 54.6 Å². The van der Waals surface area contributed by atoms with Gasteiger partial charge in [0.1, 0.15) is 0 Å². The minimum atomic E-state index is -3.42. The lowest BCUT2D eigenvalue weighted by molar-refractivity contribution is 0.464. The number of fused-ring (bicyclic) bond motifs is 1. The van der Waals surface area contributed by atoms with Gasteiger partial charge in [-0.15, -0.1) is 0 Å². The molecule has 0 aromatic heterocycles. The minimum absolute atomic E-state index is 0.227. The van der Waals surface area contributed by atoms with Gasteiger partial charge in [-0.1, -0.05) is 49.4 Å². The Labute approximate surface area is 119 Å². The van der Waals surface area contributed by atoms with Gasteiger partial charge in [0.05, 0.1) is 4.90 Å². The molecule has 3 rings (SSSR count). The van der Waals surface area contributed by atoms with Crippen LogP contribution in [0.1, 0.15) is 6.92 Å². The fraction of sp³-hybridized carbons (Fsp3) is 0.250. The molecule has 3 nitrogen and oxygen atoms in total. The maximum absolute atomic E-state index is 12.7. The predicted octanol–water partition coefficient (Wildman–Crippen LogP) is 3.04. The van der Waals surface area contributed by atoms with Gasteiger partial charge in [0.15, 0.2) is 0 Å². The van der Waals surface area contributed by atoms with Gasteiger partial charge in [0, 0.05) is 13.1 Å². The molecule has 1 aliphatic rings. The van der Waals surface area contributed by atoms with Crippen LogP contribution in [0.25, 0.3) is 10.8 Å². The standard InChI is InChI=1S/C16H17NO2S/c1-12-10-17(11-13(12)2)20(18,19)16-8-7-14-5-3-4-6-15(14)9-16/h3-9,13H,1,10-11H2,2H3. The molecule has 1 fully saturated rings. The summed E-state index contributed by atoms with van der Waals surface area (Å²) >= 11 is 0. The molecule has 4 heteroatoms. The Balaban J connectivity index is 2.03. The van der Waals surface area contributed by atoms with Crippen molar-refractivity contribution in [3.8, 4) is 0 Å². The molecule has 104 valence electrons. The Morgan fingerprint density at radius 2 is 1.85 bits per heavy atom. The Morgan fingerprint density at radius 1 is 1.15 bits per heavy atom. The molecule has 20 heavy (non-hydrogen) atoms. The van der Waals surface area contributed by atoms with E-state index in [9.17, 15) is 8.42 Å². The highest BCUT2D eigenvalue weighted by atomic mass is 32.2. The molecular formula is C16H17NO2S. The first-order valence-corrected chi connectivity index (χ1v) is 8.09. The smallest absolute Gasteiger partial charge is 0.207 e. The van der Waals surface area contributed by atoms with E-state index in [2.05, 4.69) is 6.58 Å². The van der Waals surface area contributed by atoms with E-state index in [-0.39, 0.29) is 5.92 Å². The fourth-order valence-corrected chi connectivity index (χ4v) is 4.11. The Bertz CT molecular complexity index is 780. The molecule has 0 N–H and O–H groups in total. The monoisotopic (exact) mass is 287 g/mol. The van der Waals surface area contributed by atoms with Gasteiger partial charge in [0.2, 0.25) is 10.0 Å². The zero-order chi connectivity index (χ0) is 14.3. The van der Waals surface area contributed by atoms with Gasteiger partial charge in [-0.05, 0) is 28.8 Å². The van der Waals surface area contributed by atoms with Gasteiger partial charge < -0.3 is 0 Å². The first-order chi connectivity index (χ1) is 9.48. The van der Waals surface area contributed by atoms with Crippen LogP contribution in [0.4, 0.5) is 0 Å². The molecule has 0 bridgehead atoms. The molecule has 0 amide bonds. The number of sulfonamides is 1. The van der Waals surface area contributed by atoms with Crippen LogP contribution >= 0.6 is 0 Å². The van der Waals surface area contributed by atoms with Gasteiger partial charge in [-0.25, -0.2) is 8.42 Å². The average Bonchev–Trinajstić information content (AvgIpc) is 2.79. The van der Waals surface area contributed by atoms with Crippen molar-refractivity contribution < 1.29 is 8.42 Å². The third-order valence-electron chi connectivity index (χ3n) is 3.91. The van der Waals surface area contributed by atoms with E-state index >= 15 is 0 Å². The van der Waals surface area contributed by atoms with Crippen molar-refractivity contribution >= 4 is 20.8 Å². The second kappa shape index (κ2) is 4.72. The minimum Gasteiger partial charge on any atom is -0.207 e. The summed E-state index contributed by atoms with van der Waals surface area (Å²) in [5, 5.41) is 1.99. The zero-order valence-corrected chi connectivity index (χ0v) is 12.2. The maximum atomic E-state index is 12.7. The highest BCUT2D eigenvalue weighted by molar-refractivity contribution is 7.89. The highest BCUT2D eigenvalue weighted by Gasteiger charge is 2.32. The van der Waals surface area contributed by atoms with Crippen molar-refractivity contribution in [2.45, 2.75) is 11.8 Å². The van der Waals surface area contributed by atoms with E-state index in [0.29, 0.717) is 18.0 Å². The maximum Gasteiger partial charge on any atom is 0.243 e. The molecule has 1 unspecified atom stereocenters. The molecule has 1 saturated heterocycles. The van der Waals surface area contributed by atoms with E-state index in [1.807, 2.05) is 37.3 Å². The van der Waals surface area contributed by atoms with Gasteiger partial charge in [-0.3, -0.25) is 0 Å². The summed E-state index contributed by atoms with van der Waals surface area (Å²) in [7, 11) is -3.42. The molecule has 1 aliphatic heterocycles. The summed E-state index contributed by atoms with van der Waals surface area (Å²) in [6.45, 7) is 6.90. The number of rotatable bonds is 2. The first kappa shape index (κ1) is 13.3. The Kier molecular flexibility index (Phi) is 3.15. The summed E-state index contributed by atoms with van der Waals surface area (Å²) in [4.78, 5) is 0.359. The highest BCUT2D eigenvalue weighted by Crippen LogP contribution is 2.28. The van der Waals surface area contributed by atoms with Crippen LogP contribution in [0.15, 0.2) is 59.5 Å². The lowest BCUT2D eigenvalue weighted by Crippen LogP contribution is -2.28. The lowest BCUT2D eigenvalue weighted by Gasteiger charge is -2.16. The van der Waals surface area contributed by atoms with Crippen molar-refractivity contribution in [3.63, 3.8) is 0 Å². The van der Waals surface area contributed by atoms with E-state index < -0.39 is 10.0 Å². The lowest BCUT2D eigenvalue weighted by atomic mass is 10.1. The normalized spacial score (nSPS) is 20.6. The Morgan fingerprint density at radius 3 is 2.50 bits per heavy atom. The van der Waals surface area contributed by atoms with E-state index in [0.717, 1.165) is 16.3 Å². The van der Waals surface area contributed by atoms with Crippen molar-refractivity contribution in [1.82, 2.24) is 4.31 Å². The topological polar surface area (TPSA) is 37.4 Å². The molecule has 0 saturated carbocycles. The molecule has 2 aromatic rings. The average molecular weight is 287 g/mol. The van der Waals surface area contributed by atoms with Crippen LogP contribution < -0.4 is 0 Å². The molecule has 0 radical (unpaired) electrons. The van der Waals surface area contributed by atoms with Crippen LogP contribution in [0.2, 0.25) is 0 Å². The van der Waals surface area contributed by atoms with Crippen molar-refractivity contribution in [1.29, 1.82) is 0 Å². The summed E-state index contributed by atoms with van der Waals surface area (Å²) < 4.78 is 26.8. The molecule has 1 atom stereocenters. The molecule has 0 spiro atoms. The zero-order valence-electron chi connectivity index (χ0n) is 11.4. The second-order valence-corrected chi connectivity index (χ2v) is 7.30. The number of benzene rings is 2. The van der Waals surface area contributed by atoms with Gasteiger partial charge in [-0.2, -0.15) is 4.31 Å². The van der Waals surface area contributed by atoms with E-state index in [1.165, 1.54) is 4.31 Å². The van der Waals surface area contributed by atoms with Gasteiger partial charge in [0.25, 0.3) is 0 Å². The molecular weight excluding hydrogens is 270 g/mol. The third-order valence-corrected chi connectivity index (χ3v) is 5.72. The van der Waals surface area contributed by atoms with Crippen LogP contribution in [0.3, 0.4) is 0 Å². The predicted molar refractivity (Wildman–Crippen MR) is 81.0 cm³/mol. The quantitative estimate of drug-likeness (QED) is 0.796.